The molecule has 0 fully saturated rings. The van der Waals surface area contributed by atoms with Gasteiger partial charge in [-0.1, -0.05) is 48.5 Å². The van der Waals surface area contributed by atoms with Crippen molar-refractivity contribution in [3.05, 3.63) is 82.3 Å². The zero-order chi connectivity index (χ0) is 21.7. The molecule has 1 aliphatic rings. The van der Waals surface area contributed by atoms with Gasteiger partial charge in [0.1, 0.15) is 12.4 Å². The van der Waals surface area contributed by atoms with Crippen LogP contribution < -0.4 is 11.0 Å². The summed E-state index contributed by atoms with van der Waals surface area (Å²) in [7, 11) is 3.27. The number of imidazole rings is 1. The smallest absolute Gasteiger partial charge is 0.411 e. The van der Waals surface area contributed by atoms with E-state index in [2.05, 4.69) is 29.6 Å². The Kier molecular flexibility index (Phi) is 4.32. The normalized spacial score (nSPS) is 12.6. The minimum Gasteiger partial charge on any atom is -0.506 e. The summed E-state index contributed by atoms with van der Waals surface area (Å²) in [6.07, 6.45) is -0.669. The van der Waals surface area contributed by atoms with E-state index in [9.17, 15) is 14.7 Å². The van der Waals surface area contributed by atoms with Crippen molar-refractivity contribution in [2.24, 2.45) is 14.1 Å². The molecule has 0 saturated carbocycles. The molecule has 31 heavy (non-hydrogen) atoms. The Hall–Kier alpha value is -4.00. The van der Waals surface area contributed by atoms with Gasteiger partial charge >= 0.3 is 11.8 Å². The first-order chi connectivity index (χ1) is 15.0. The molecule has 0 saturated heterocycles. The molecule has 1 aliphatic carbocycles. The summed E-state index contributed by atoms with van der Waals surface area (Å²) in [6.45, 7) is 0.173. The van der Waals surface area contributed by atoms with Gasteiger partial charge in [0, 0.05) is 26.1 Å². The van der Waals surface area contributed by atoms with Gasteiger partial charge in [0.2, 0.25) is 0 Å². The average Bonchev–Trinajstić information content (AvgIpc) is 3.20. The van der Waals surface area contributed by atoms with Crippen LogP contribution >= 0.6 is 0 Å². The summed E-state index contributed by atoms with van der Waals surface area (Å²) < 4.78 is 8.43. The summed E-state index contributed by atoms with van der Waals surface area (Å²) >= 11 is 0. The van der Waals surface area contributed by atoms with Gasteiger partial charge in [-0.25, -0.2) is 9.59 Å². The number of ether oxygens (including phenoxy) is 1. The van der Waals surface area contributed by atoms with Crippen molar-refractivity contribution in [3.63, 3.8) is 0 Å². The molecular weight excluding hydrogens is 394 g/mol. The predicted molar refractivity (Wildman–Crippen MR) is 119 cm³/mol. The van der Waals surface area contributed by atoms with Gasteiger partial charge in [-0.3, -0.25) is 14.5 Å². The van der Waals surface area contributed by atoms with Crippen LogP contribution in [0.4, 0.5) is 10.5 Å². The van der Waals surface area contributed by atoms with Crippen LogP contribution in [0.3, 0.4) is 0 Å². The minimum atomic E-state index is -0.669. The van der Waals surface area contributed by atoms with E-state index in [4.69, 9.17) is 4.74 Å². The summed E-state index contributed by atoms with van der Waals surface area (Å²) in [6, 6.07) is 19.2. The van der Waals surface area contributed by atoms with E-state index >= 15 is 0 Å². The molecule has 0 spiro atoms. The Bertz CT molecular complexity index is 1350. The lowest BCUT2D eigenvalue weighted by atomic mass is 9.98. The third kappa shape index (κ3) is 2.97. The fourth-order valence-electron chi connectivity index (χ4n) is 4.38. The molecule has 3 aromatic carbocycles. The first-order valence-electron chi connectivity index (χ1n) is 9.96. The van der Waals surface area contributed by atoms with Crippen LogP contribution in [0.25, 0.3) is 22.2 Å². The van der Waals surface area contributed by atoms with E-state index in [-0.39, 0.29) is 29.7 Å². The molecule has 0 aliphatic heterocycles. The number of amides is 1. The number of aromatic hydroxyl groups is 1. The molecule has 1 aromatic heterocycles. The van der Waals surface area contributed by atoms with E-state index in [0.29, 0.717) is 11.0 Å². The lowest BCUT2D eigenvalue weighted by molar-refractivity contribution is 0.158. The lowest BCUT2D eigenvalue weighted by Gasteiger charge is -2.15. The van der Waals surface area contributed by atoms with Gasteiger partial charge in [-0.05, 0) is 28.3 Å². The number of fused-ring (bicyclic) bond motifs is 4. The maximum atomic E-state index is 12.5. The number of rotatable bonds is 3. The standard InChI is InChI=1S/C24H21N3O4/c1-26-20-11-19(22(28)12-21(20)27(2)24(26)30)25-23(29)31-13-18-16-9-5-3-7-14(16)15-8-4-6-10-17(15)18/h3-12,18,28H,13H2,1-2H3,(H,25,29). The molecule has 0 radical (unpaired) electrons. The number of aryl methyl sites for hydroxylation is 2. The maximum Gasteiger partial charge on any atom is 0.411 e. The van der Waals surface area contributed by atoms with Gasteiger partial charge in [-0.2, -0.15) is 0 Å². The fraction of sp³-hybridized carbons (Fsp3) is 0.167. The van der Waals surface area contributed by atoms with Crippen molar-refractivity contribution in [1.29, 1.82) is 0 Å². The number of benzene rings is 3. The second kappa shape index (κ2) is 7.05. The third-order valence-corrected chi connectivity index (χ3v) is 5.97. The molecule has 0 bridgehead atoms. The first-order valence-corrected chi connectivity index (χ1v) is 9.96. The van der Waals surface area contributed by atoms with Crippen molar-refractivity contribution in [2.75, 3.05) is 11.9 Å². The number of aromatic nitrogens is 2. The highest BCUT2D eigenvalue weighted by Crippen LogP contribution is 2.44. The molecule has 156 valence electrons. The van der Waals surface area contributed by atoms with Crippen LogP contribution in [-0.4, -0.2) is 26.9 Å². The zero-order valence-corrected chi connectivity index (χ0v) is 17.1. The number of carbonyl (C=O) groups is 1. The van der Waals surface area contributed by atoms with E-state index < -0.39 is 6.09 Å². The number of phenols is 1. The van der Waals surface area contributed by atoms with E-state index in [1.54, 1.807) is 20.2 Å². The number of hydrogen-bond acceptors (Lipinski definition) is 4. The lowest BCUT2D eigenvalue weighted by Crippen LogP contribution is -2.19. The van der Waals surface area contributed by atoms with Gasteiger partial charge in [0.05, 0.1) is 16.7 Å². The average molecular weight is 415 g/mol. The minimum absolute atomic E-state index is 0.0517. The third-order valence-electron chi connectivity index (χ3n) is 5.97. The van der Waals surface area contributed by atoms with Crippen molar-refractivity contribution in [1.82, 2.24) is 9.13 Å². The highest BCUT2D eigenvalue weighted by Gasteiger charge is 2.29. The zero-order valence-electron chi connectivity index (χ0n) is 17.1. The molecule has 1 amide bonds. The van der Waals surface area contributed by atoms with Crippen LogP contribution in [0.2, 0.25) is 0 Å². The van der Waals surface area contributed by atoms with Gasteiger partial charge in [-0.15, -0.1) is 0 Å². The topological polar surface area (TPSA) is 85.5 Å². The predicted octanol–water partition coefficient (Wildman–Crippen LogP) is 3.94. The number of nitrogens with zero attached hydrogens (tertiary/aromatic N) is 2. The molecular formula is C24H21N3O4. The monoisotopic (exact) mass is 415 g/mol. The Balaban J connectivity index is 1.37. The Morgan fingerprint density at radius 2 is 1.52 bits per heavy atom. The Labute approximate surface area is 178 Å². The van der Waals surface area contributed by atoms with Crippen LogP contribution in [0, 0.1) is 0 Å². The van der Waals surface area contributed by atoms with E-state index in [1.165, 1.54) is 15.2 Å². The van der Waals surface area contributed by atoms with Crippen LogP contribution in [-0.2, 0) is 18.8 Å². The Morgan fingerprint density at radius 1 is 0.968 bits per heavy atom. The summed E-state index contributed by atoms with van der Waals surface area (Å²) in [5.41, 5.74) is 5.70. The second-order valence-electron chi connectivity index (χ2n) is 7.71. The highest BCUT2D eigenvalue weighted by molar-refractivity contribution is 5.92. The first kappa shape index (κ1) is 19.0. The summed E-state index contributed by atoms with van der Waals surface area (Å²) in [5.74, 6) is -0.189. The molecule has 7 heteroatoms. The molecule has 7 nitrogen and oxygen atoms in total. The Morgan fingerprint density at radius 3 is 2.13 bits per heavy atom. The van der Waals surface area contributed by atoms with Crippen molar-refractivity contribution >= 4 is 22.8 Å². The maximum absolute atomic E-state index is 12.5. The molecule has 1 heterocycles. The van der Waals surface area contributed by atoms with Gasteiger partial charge < -0.3 is 9.84 Å². The van der Waals surface area contributed by atoms with Crippen molar-refractivity contribution in [2.45, 2.75) is 5.92 Å². The fourth-order valence-corrected chi connectivity index (χ4v) is 4.38. The molecule has 2 N–H and O–H groups in total. The number of phenolic OH excluding ortho intramolecular Hbond substituents is 1. The van der Waals surface area contributed by atoms with Gasteiger partial charge in [0.25, 0.3) is 0 Å². The van der Waals surface area contributed by atoms with Gasteiger partial charge in [0.15, 0.2) is 0 Å². The number of hydrogen-bond donors (Lipinski definition) is 2. The molecule has 4 aromatic rings. The summed E-state index contributed by atoms with van der Waals surface area (Å²) in [5, 5.41) is 12.9. The molecule has 5 rings (SSSR count). The van der Waals surface area contributed by atoms with E-state index in [1.807, 2.05) is 24.3 Å². The van der Waals surface area contributed by atoms with E-state index in [0.717, 1.165) is 22.3 Å². The number of nitrogens with one attached hydrogen (secondary N) is 1. The molecule has 0 unspecified atom stereocenters. The van der Waals surface area contributed by atoms with Crippen LogP contribution in [0.1, 0.15) is 17.0 Å². The van der Waals surface area contributed by atoms with Crippen LogP contribution in [0.15, 0.2) is 65.5 Å². The largest absolute Gasteiger partial charge is 0.506 e. The number of anilines is 1. The van der Waals surface area contributed by atoms with Crippen molar-refractivity contribution < 1.29 is 14.6 Å². The molecule has 0 atom stereocenters. The van der Waals surface area contributed by atoms with Crippen LogP contribution in [0.5, 0.6) is 5.75 Å². The number of carbonyl (C=O) groups excluding carboxylic acids is 1. The SMILES string of the molecule is Cn1c(=O)n(C)c2cc(NC(=O)OCC3c4ccccc4-c4ccccc43)c(O)cc21. The highest BCUT2D eigenvalue weighted by atomic mass is 16.5. The quantitative estimate of drug-likeness (QED) is 0.496. The van der Waals surface area contributed by atoms with Crippen molar-refractivity contribution in [3.8, 4) is 16.9 Å². The second-order valence-corrected chi connectivity index (χ2v) is 7.71. The summed E-state index contributed by atoms with van der Waals surface area (Å²) in [4.78, 5) is 24.6.